The van der Waals surface area contributed by atoms with Crippen LogP contribution >= 0.6 is 0 Å². The minimum atomic E-state index is -0.423. The molecule has 4 aromatic rings. The molecule has 0 saturated heterocycles. The average Bonchev–Trinajstić information content (AvgIpc) is 3.23. The van der Waals surface area contributed by atoms with Gasteiger partial charge in [-0.05, 0) is 31.2 Å². The average molecular weight is 458 g/mol. The number of carbonyl (C=O) groups excluding carboxylic acids is 1. The first-order chi connectivity index (χ1) is 16.5. The van der Waals surface area contributed by atoms with Crippen LogP contribution in [0.4, 0.5) is 5.69 Å². The number of amides is 1. The van der Waals surface area contributed by atoms with Gasteiger partial charge >= 0.3 is 0 Å². The Balaban J connectivity index is 1.55. The molecule has 3 aromatic carbocycles. The molecule has 9 heteroatoms. The van der Waals surface area contributed by atoms with Gasteiger partial charge in [-0.25, -0.2) is 4.98 Å². The maximum atomic E-state index is 12.8. The minimum Gasteiger partial charge on any atom is -0.467 e. The summed E-state index contributed by atoms with van der Waals surface area (Å²) in [6, 6.07) is 19.2. The molecule has 1 aliphatic heterocycles. The summed E-state index contributed by atoms with van der Waals surface area (Å²) in [5, 5.41) is 14.6. The van der Waals surface area contributed by atoms with E-state index in [1.165, 1.54) is 12.1 Å². The highest BCUT2D eigenvalue weighted by atomic mass is 16.7. The van der Waals surface area contributed by atoms with Gasteiger partial charge in [-0.15, -0.1) is 0 Å². The lowest BCUT2D eigenvalue weighted by Gasteiger charge is -2.22. The Labute approximate surface area is 195 Å². The number of benzene rings is 3. The van der Waals surface area contributed by atoms with Crippen LogP contribution in [0.5, 0.6) is 5.75 Å². The molecule has 1 amide bonds. The van der Waals surface area contributed by atoms with Crippen molar-refractivity contribution in [1.29, 1.82) is 0 Å². The van der Waals surface area contributed by atoms with E-state index in [-0.39, 0.29) is 31.5 Å². The molecular formula is C25H22N4O5. The number of ether oxygens (including phenoxy) is 2. The Kier molecular flexibility index (Phi) is 5.69. The molecule has 2 heterocycles. The Morgan fingerprint density at radius 2 is 1.94 bits per heavy atom. The van der Waals surface area contributed by atoms with Gasteiger partial charge in [0.05, 0.1) is 35.2 Å². The van der Waals surface area contributed by atoms with Crippen molar-refractivity contribution in [2.45, 2.75) is 26.1 Å². The van der Waals surface area contributed by atoms with Crippen LogP contribution in [-0.2, 0) is 17.9 Å². The van der Waals surface area contributed by atoms with Gasteiger partial charge in [-0.1, -0.05) is 30.3 Å². The highest BCUT2D eigenvalue weighted by Crippen LogP contribution is 2.34. The minimum absolute atomic E-state index is 0.0285. The van der Waals surface area contributed by atoms with Gasteiger partial charge in [0.25, 0.3) is 11.6 Å². The second kappa shape index (κ2) is 8.95. The second-order valence-electron chi connectivity index (χ2n) is 8.07. The van der Waals surface area contributed by atoms with Crippen molar-refractivity contribution in [1.82, 2.24) is 14.9 Å². The van der Waals surface area contributed by atoms with Gasteiger partial charge in [0, 0.05) is 28.8 Å². The number of carbonyl (C=O) groups is 1. The van der Waals surface area contributed by atoms with Gasteiger partial charge in [0.15, 0.2) is 6.79 Å². The molecule has 0 saturated carbocycles. The van der Waals surface area contributed by atoms with Crippen LogP contribution in [0.3, 0.4) is 0 Å². The fourth-order valence-electron chi connectivity index (χ4n) is 4.20. The van der Waals surface area contributed by atoms with Gasteiger partial charge < -0.3 is 19.4 Å². The van der Waals surface area contributed by atoms with Crippen molar-refractivity contribution in [3.8, 4) is 5.75 Å². The molecule has 0 spiro atoms. The predicted octanol–water partition coefficient (Wildman–Crippen LogP) is 4.35. The topological polar surface area (TPSA) is 109 Å². The number of hydrogen-bond donors (Lipinski definition) is 1. The molecule has 0 radical (unpaired) electrons. The molecule has 0 fully saturated rings. The lowest BCUT2D eigenvalue weighted by molar-refractivity contribution is -0.385. The molecular weight excluding hydrogens is 436 g/mol. The van der Waals surface area contributed by atoms with E-state index < -0.39 is 11.0 Å². The number of nitro groups is 1. The van der Waals surface area contributed by atoms with E-state index in [0.717, 1.165) is 11.0 Å². The zero-order chi connectivity index (χ0) is 23.7. The van der Waals surface area contributed by atoms with E-state index in [1.54, 1.807) is 12.1 Å². The number of non-ortho nitro benzene ring substituents is 1. The van der Waals surface area contributed by atoms with Crippen molar-refractivity contribution in [3.05, 3.63) is 99.4 Å². The number of rotatable bonds is 6. The highest BCUT2D eigenvalue weighted by Gasteiger charge is 2.24. The molecule has 5 rings (SSSR count). The van der Waals surface area contributed by atoms with Crippen LogP contribution in [0.15, 0.2) is 66.7 Å². The van der Waals surface area contributed by atoms with Crippen LogP contribution in [0, 0.1) is 10.1 Å². The molecule has 1 aromatic heterocycles. The SMILES string of the molecule is CC(NC(=O)c1ccccc1)c1nc2ccccc2n1Cc1cc([N+](=O)[O-])cc2c1OCOC2. The highest BCUT2D eigenvalue weighted by molar-refractivity contribution is 5.94. The zero-order valence-electron chi connectivity index (χ0n) is 18.4. The standard InChI is InChI=1S/C25H22N4O5/c1-16(26-25(30)17-7-3-2-4-8-17)24-27-21-9-5-6-10-22(21)28(24)13-18-11-20(29(31)32)12-19-14-33-15-34-23(18)19/h2-12,16H,13-15H2,1H3,(H,26,30). The number of nitrogens with one attached hydrogen (secondary N) is 1. The quantitative estimate of drug-likeness (QED) is 0.340. The van der Waals surface area contributed by atoms with E-state index in [0.29, 0.717) is 28.3 Å². The summed E-state index contributed by atoms with van der Waals surface area (Å²) in [4.78, 5) is 28.7. The van der Waals surface area contributed by atoms with E-state index in [1.807, 2.05) is 54.0 Å². The van der Waals surface area contributed by atoms with Crippen LogP contribution < -0.4 is 10.1 Å². The number of hydrogen-bond acceptors (Lipinski definition) is 6. The molecule has 1 unspecified atom stereocenters. The van der Waals surface area contributed by atoms with Crippen LogP contribution in [-0.4, -0.2) is 27.2 Å². The summed E-state index contributed by atoms with van der Waals surface area (Å²) in [5.41, 5.74) is 3.43. The van der Waals surface area contributed by atoms with Crippen molar-refractivity contribution in [2.24, 2.45) is 0 Å². The Morgan fingerprint density at radius 1 is 1.18 bits per heavy atom. The van der Waals surface area contributed by atoms with E-state index in [2.05, 4.69) is 5.32 Å². The largest absolute Gasteiger partial charge is 0.467 e. The number of nitrogens with zero attached hydrogens (tertiary/aromatic N) is 3. The van der Waals surface area contributed by atoms with Crippen LogP contribution in [0.1, 0.15) is 40.3 Å². The fraction of sp³-hybridized carbons (Fsp3) is 0.200. The van der Waals surface area contributed by atoms with E-state index >= 15 is 0 Å². The molecule has 9 nitrogen and oxygen atoms in total. The maximum Gasteiger partial charge on any atom is 0.270 e. The Bertz CT molecular complexity index is 1380. The lowest BCUT2D eigenvalue weighted by Crippen LogP contribution is -2.29. The molecule has 34 heavy (non-hydrogen) atoms. The van der Waals surface area contributed by atoms with Crippen molar-refractivity contribution in [3.63, 3.8) is 0 Å². The fourth-order valence-corrected chi connectivity index (χ4v) is 4.20. The summed E-state index contributed by atoms with van der Waals surface area (Å²) >= 11 is 0. The van der Waals surface area contributed by atoms with Crippen LogP contribution in [0.2, 0.25) is 0 Å². The van der Waals surface area contributed by atoms with Gasteiger partial charge in [-0.3, -0.25) is 14.9 Å². The number of aromatic nitrogens is 2. The Morgan fingerprint density at radius 3 is 2.74 bits per heavy atom. The molecule has 172 valence electrons. The normalized spacial score (nSPS) is 13.7. The van der Waals surface area contributed by atoms with Crippen molar-refractivity contribution >= 4 is 22.6 Å². The Hall–Kier alpha value is -4.24. The van der Waals surface area contributed by atoms with Gasteiger partial charge in [0.2, 0.25) is 0 Å². The third kappa shape index (κ3) is 4.08. The number of fused-ring (bicyclic) bond motifs is 2. The summed E-state index contributed by atoms with van der Waals surface area (Å²) in [6.07, 6.45) is 0. The molecule has 0 aliphatic carbocycles. The van der Waals surface area contributed by atoms with E-state index in [4.69, 9.17) is 14.5 Å². The predicted molar refractivity (Wildman–Crippen MR) is 125 cm³/mol. The first kappa shape index (κ1) is 21.6. The van der Waals surface area contributed by atoms with Gasteiger partial charge in [-0.2, -0.15) is 0 Å². The first-order valence-electron chi connectivity index (χ1n) is 10.8. The summed E-state index contributed by atoms with van der Waals surface area (Å²) in [5.74, 6) is 1.01. The number of nitro benzene ring substituents is 1. The molecule has 1 atom stereocenters. The monoisotopic (exact) mass is 458 g/mol. The summed E-state index contributed by atoms with van der Waals surface area (Å²) in [7, 11) is 0. The van der Waals surface area contributed by atoms with Gasteiger partial charge in [0.1, 0.15) is 11.6 Å². The number of para-hydroxylation sites is 2. The maximum absolute atomic E-state index is 12.8. The lowest BCUT2D eigenvalue weighted by atomic mass is 10.1. The summed E-state index contributed by atoms with van der Waals surface area (Å²) < 4.78 is 13.0. The third-order valence-electron chi connectivity index (χ3n) is 5.77. The van der Waals surface area contributed by atoms with E-state index in [9.17, 15) is 14.9 Å². The molecule has 1 aliphatic rings. The third-order valence-corrected chi connectivity index (χ3v) is 5.77. The smallest absolute Gasteiger partial charge is 0.270 e. The summed E-state index contributed by atoms with van der Waals surface area (Å²) in [6.45, 7) is 2.47. The second-order valence-corrected chi connectivity index (χ2v) is 8.07. The molecule has 0 bridgehead atoms. The van der Waals surface area contributed by atoms with Crippen molar-refractivity contribution < 1.29 is 19.2 Å². The van der Waals surface area contributed by atoms with Crippen LogP contribution in [0.25, 0.3) is 11.0 Å². The number of imidazole rings is 1. The first-order valence-corrected chi connectivity index (χ1v) is 10.8. The zero-order valence-corrected chi connectivity index (χ0v) is 18.4. The molecule has 1 N–H and O–H groups in total. The van der Waals surface area contributed by atoms with Crippen molar-refractivity contribution in [2.75, 3.05) is 6.79 Å².